The molecule has 0 aliphatic carbocycles. The van der Waals surface area contributed by atoms with Gasteiger partial charge in [0.2, 0.25) is 5.91 Å². The molecule has 1 atom stereocenters. The lowest BCUT2D eigenvalue weighted by Gasteiger charge is -2.22. The Hall–Kier alpha value is -1.59. The first kappa shape index (κ1) is 15.8. The molecule has 21 heavy (non-hydrogen) atoms. The van der Waals surface area contributed by atoms with Gasteiger partial charge in [-0.05, 0) is 43.9 Å². The number of carbonyl (C=O) groups is 1. The second-order valence-corrected chi connectivity index (χ2v) is 5.65. The third-order valence-electron chi connectivity index (χ3n) is 3.85. The van der Waals surface area contributed by atoms with Crippen LogP contribution in [0.4, 0.5) is 5.69 Å². The number of nitrogens with zero attached hydrogens (tertiary/aromatic N) is 1. The number of primary amides is 1. The minimum absolute atomic E-state index is 0.264. The zero-order valence-electron chi connectivity index (χ0n) is 12.5. The van der Waals surface area contributed by atoms with Crippen LogP contribution < -0.4 is 11.5 Å². The number of hydrogen-bond donors (Lipinski definition) is 2. The Labute approximate surface area is 126 Å². The zero-order chi connectivity index (χ0) is 15.1. The van der Waals surface area contributed by atoms with Crippen LogP contribution in [0.1, 0.15) is 31.2 Å². The summed E-state index contributed by atoms with van der Waals surface area (Å²) in [6.07, 6.45) is 4.75. The predicted molar refractivity (Wildman–Crippen MR) is 83.5 cm³/mol. The average molecular weight is 291 g/mol. The molecule has 1 amide bonds. The van der Waals surface area contributed by atoms with E-state index in [4.69, 9.17) is 16.2 Å². The van der Waals surface area contributed by atoms with Gasteiger partial charge in [0, 0.05) is 18.8 Å². The van der Waals surface area contributed by atoms with E-state index in [0.29, 0.717) is 12.6 Å². The Morgan fingerprint density at radius 3 is 2.86 bits per heavy atom. The molecule has 1 aliphatic heterocycles. The maximum atomic E-state index is 11.2. The van der Waals surface area contributed by atoms with Crippen molar-refractivity contribution in [2.75, 3.05) is 25.4 Å². The summed E-state index contributed by atoms with van der Waals surface area (Å²) in [4.78, 5) is 13.3. The fourth-order valence-electron chi connectivity index (χ4n) is 2.77. The number of para-hydroxylation sites is 1. The van der Waals surface area contributed by atoms with Gasteiger partial charge in [-0.25, -0.2) is 0 Å². The number of amides is 1. The first-order chi connectivity index (χ1) is 10.1. The highest BCUT2D eigenvalue weighted by molar-refractivity contribution is 5.75. The van der Waals surface area contributed by atoms with Crippen molar-refractivity contribution < 1.29 is 9.53 Å². The van der Waals surface area contributed by atoms with E-state index >= 15 is 0 Å². The molecule has 1 aromatic carbocycles. The van der Waals surface area contributed by atoms with Gasteiger partial charge < -0.3 is 16.2 Å². The summed E-state index contributed by atoms with van der Waals surface area (Å²) in [5.41, 5.74) is 13.1. The van der Waals surface area contributed by atoms with E-state index in [-0.39, 0.29) is 12.5 Å². The van der Waals surface area contributed by atoms with Crippen molar-refractivity contribution in [2.45, 2.75) is 38.3 Å². The van der Waals surface area contributed by atoms with Gasteiger partial charge in [-0.2, -0.15) is 0 Å². The fourth-order valence-corrected chi connectivity index (χ4v) is 2.77. The van der Waals surface area contributed by atoms with E-state index in [9.17, 15) is 4.79 Å². The van der Waals surface area contributed by atoms with Gasteiger partial charge in [0.1, 0.15) is 0 Å². The van der Waals surface area contributed by atoms with E-state index in [1.165, 1.54) is 0 Å². The van der Waals surface area contributed by atoms with Crippen LogP contribution in [0.25, 0.3) is 0 Å². The average Bonchev–Trinajstić information content (AvgIpc) is 2.94. The summed E-state index contributed by atoms with van der Waals surface area (Å²) in [6, 6.07) is 7.74. The molecular formula is C16H25N3O2. The van der Waals surface area contributed by atoms with Crippen LogP contribution in [0, 0.1) is 0 Å². The summed E-state index contributed by atoms with van der Waals surface area (Å²) in [6.45, 7) is 2.63. The van der Waals surface area contributed by atoms with Gasteiger partial charge in [-0.3, -0.25) is 9.69 Å². The van der Waals surface area contributed by atoms with E-state index < -0.39 is 0 Å². The molecular weight excluding hydrogens is 266 g/mol. The largest absolute Gasteiger partial charge is 0.398 e. The second kappa shape index (κ2) is 8.00. The molecule has 1 aromatic rings. The summed E-state index contributed by atoms with van der Waals surface area (Å²) in [5, 5.41) is 0. The number of benzene rings is 1. The van der Waals surface area contributed by atoms with E-state index in [2.05, 4.69) is 4.90 Å². The van der Waals surface area contributed by atoms with Crippen molar-refractivity contribution in [1.82, 2.24) is 4.90 Å². The lowest BCUT2D eigenvalue weighted by molar-refractivity contribution is -0.119. The highest BCUT2D eigenvalue weighted by atomic mass is 16.5. The standard InChI is InChI=1S/C16H25N3O2/c17-15-8-2-1-5-13(15)11-19(12-16(18)20)9-3-6-14-7-4-10-21-14/h1-2,5,8,14H,3-4,6-7,9-12,17H2,(H2,18,20). The van der Waals surface area contributed by atoms with Crippen LogP contribution in [0.15, 0.2) is 24.3 Å². The smallest absolute Gasteiger partial charge is 0.231 e. The number of rotatable bonds is 8. The molecule has 1 heterocycles. The maximum absolute atomic E-state index is 11.2. The van der Waals surface area contributed by atoms with Crippen molar-refractivity contribution in [3.63, 3.8) is 0 Å². The molecule has 4 N–H and O–H groups in total. The maximum Gasteiger partial charge on any atom is 0.231 e. The van der Waals surface area contributed by atoms with E-state index in [1.807, 2.05) is 24.3 Å². The second-order valence-electron chi connectivity index (χ2n) is 5.65. The Balaban J connectivity index is 1.84. The summed E-state index contributed by atoms with van der Waals surface area (Å²) in [7, 11) is 0. The van der Waals surface area contributed by atoms with Gasteiger partial charge in [-0.1, -0.05) is 18.2 Å². The molecule has 0 radical (unpaired) electrons. The summed E-state index contributed by atoms with van der Waals surface area (Å²) in [5.74, 6) is -0.304. The zero-order valence-corrected chi connectivity index (χ0v) is 12.5. The SMILES string of the molecule is NC(=O)CN(CCCC1CCCO1)Cc1ccccc1N. The first-order valence-corrected chi connectivity index (χ1v) is 7.61. The molecule has 0 bridgehead atoms. The number of carbonyl (C=O) groups excluding carboxylic acids is 1. The number of anilines is 1. The number of ether oxygens (including phenoxy) is 1. The predicted octanol–water partition coefficient (Wildman–Crippen LogP) is 1.52. The monoisotopic (exact) mass is 291 g/mol. The quantitative estimate of drug-likeness (QED) is 0.711. The molecule has 5 heteroatoms. The van der Waals surface area contributed by atoms with Gasteiger partial charge in [0.05, 0.1) is 12.6 Å². The number of nitrogen functional groups attached to an aromatic ring is 1. The van der Waals surface area contributed by atoms with Gasteiger partial charge >= 0.3 is 0 Å². The Bertz CT molecular complexity index is 459. The third kappa shape index (κ3) is 5.36. The van der Waals surface area contributed by atoms with Crippen LogP contribution in [-0.2, 0) is 16.1 Å². The van der Waals surface area contributed by atoms with Crippen LogP contribution in [0.5, 0.6) is 0 Å². The highest BCUT2D eigenvalue weighted by Crippen LogP contribution is 2.18. The topological polar surface area (TPSA) is 81.6 Å². The molecule has 1 unspecified atom stereocenters. The fraction of sp³-hybridized carbons (Fsp3) is 0.562. The van der Waals surface area contributed by atoms with E-state index in [0.717, 1.165) is 50.1 Å². The lowest BCUT2D eigenvalue weighted by atomic mass is 10.1. The van der Waals surface area contributed by atoms with Crippen LogP contribution in [-0.4, -0.2) is 36.6 Å². The first-order valence-electron chi connectivity index (χ1n) is 7.61. The van der Waals surface area contributed by atoms with Crippen molar-refractivity contribution >= 4 is 11.6 Å². The minimum atomic E-state index is -0.304. The molecule has 2 rings (SSSR count). The van der Waals surface area contributed by atoms with Crippen molar-refractivity contribution in [3.05, 3.63) is 29.8 Å². The van der Waals surface area contributed by atoms with Crippen LogP contribution >= 0.6 is 0 Å². The van der Waals surface area contributed by atoms with Crippen LogP contribution in [0.2, 0.25) is 0 Å². The molecule has 1 saturated heterocycles. The number of nitrogens with two attached hydrogens (primary N) is 2. The molecule has 0 saturated carbocycles. The Morgan fingerprint density at radius 2 is 2.19 bits per heavy atom. The third-order valence-corrected chi connectivity index (χ3v) is 3.85. The van der Waals surface area contributed by atoms with Crippen LogP contribution in [0.3, 0.4) is 0 Å². The van der Waals surface area contributed by atoms with Crippen molar-refractivity contribution in [3.8, 4) is 0 Å². The van der Waals surface area contributed by atoms with Gasteiger partial charge in [0.15, 0.2) is 0 Å². The molecule has 1 fully saturated rings. The Morgan fingerprint density at radius 1 is 1.38 bits per heavy atom. The van der Waals surface area contributed by atoms with Crippen molar-refractivity contribution in [1.29, 1.82) is 0 Å². The van der Waals surface area contributed by atoms with Gasteiger partial charge in [0.25, 0.3) is 0 Å². The molecule has 1 aliphatic rings. The van der Waals surface area contributed by atoms with Gasteiger partial charge in [-0.15, -0.1) is 0 Å². The normalized spacial score (nSPS) is 18.2. The minimum Gasteiger partial charge on any atom is -0.398 e. The molecule has 5 nitrogen and oxygen atoms in total. The van der Waals surface area contributed by atoms with E-state index in [1.54, 1.807) is 0 Å². The van der Waals surface area contributed by atoms with Crippen molar-refractivity contribution in [2.24, 2.45) is 5.73 Å². The summed E-state index contributed by atoms with van der Waals surface area (Å²) < 4.78 is 5.62. The molecule has 0 aromatic heterocycles. The Kier molecular flexibility index (Phi) is 6.02. The lowest BCUT2D eigenvalue weighted by Crippen LogP contribution is -2.34. The summed E-state index contributed by atoms with van der Waals surface area (Å²) >= 11 is 0. The molecule has 116 valence electrons. The highest BCUT2D eigenvalue weighted by Gasteiger charge is 2.16. The number of hydrogen-bond acceptors (Lipinski definition) is 4. The molecule has 0 spiro atoms.